The molecule has 2 aliphatic heterocycles. The van der Waals surface area contributed by atoms with Crippen LogP contribution >= 0.6 is 27.7 Å². The minimum absolute atomic E-state index is 0.537. The van der Waals surface area contributed by atoms with Crippen molar-refractivity contribution in [3.05, 3.63) is 27.7 Å². The number of hydrogen-bond donors (Lipinski definition) is 1. The summed E-state index contributed by atoms with van der Waals surface area (Å²) in [5.41, 5.74) is 1.88. The Balaban J connectivity index is 1.92. The summed E-state index contributed by atoms with van der Waals surface area (Å²) >= 11 is 5.38. The van der Waals surface area contributed by atoms with E-state index >= 15 is 0 Å². The molecule has 4 heteroatoms. The van der Waals surface area contributed by atoms with Gasteiger partial charge in [0.15, 0.2) is 0 Å². The number of benzene rings is 1. The third-order valence-corrected chi connectivity index (χ3v) is 5.12. The van der Waals surface area contributed by atoms with Crippen molar-refractivity contribution >= 4 is 27.7 Å². The van der Waals surface area contributed by atoms with Gasteiger partial charge in [-0.25, -0.2) is 0 Å². The maximum absolute atomic E-state index is 10.5. The Kier molecular flexibility index (Phi) is 3.13. The molecule has 1 fully saturated rings. The third-order valence-electron chi connectivity index (χ3n) is 3.43. The van der Waals surface area contributed by atoms with Crippen LogP contribution in [0.3, 0.4) is 0 Å². The Morgan fingerprint density at radius 1 is 1.47 bits per heavy atom. The van der Waals surface area contributed by atoms with Crippen LogP contribution in [0.25, 0.3) is 0 Å². The van der Waals surface area contributed by atoms with E-state index in [0.717, 1.165) is 46.7 Å². The summed E-state index contributed by atoms with van der Waals surface area (Å²) in [4.78, 5) is 0. The summed E-state index contributed by atoms with van der Waals surface area (Å²) in [6.45, 7) is 0.770. The van der Waals surface area contributed by atoms with E-state index in [4.69, 9.17) is 4.74 Å². The number of thioether (sulfide) groups is 1. The standard InChI is InChI=1S/C13H15BrO2S/c14-11-5-9-1-3-16-12(9)10(6-11)7-13(15)2-4-17-8-13/h5-6,15H,1-4,7-8H2. The monoisotopic (exact) mass is 314 g/mol. The van der Waals surface area contributed by atoms with Gasteiger partial charge < -0.3 is 9.84 Å². The molecule has 1 saturated heterocycles. The molecule has 1 atom stereocenters. The summed E-state index contributed by atoms with van der Waals surface area (Å²) in [5.74, 6) is 2.92. The van der Waals surface area contributed by atoms with E-state index < -0.39 is 5.60 Å². The summed E-state index contributed by atoms with van der Waals surface area (Å²) in [6.07, 6.45) is 2.58. The smallest absolute Gasteiger partial charge is 0.125 e. The van der Waals surface area contributed by atoms with Crippen molar-refractivity contribution in [2.75, 3.05) is 18.1 Å². The van der Waals surface area contributed by atoms with Gasteiger partial charge in [0.05, 0.1) is 12.2 Å². The van der Waals surface area contributed by atoms with Crippen LogP contribution in [0.2, 0.25) is 0 Å². The van der Waals surface area contributed by atoms with Gasteiger partial charge in [-0.1, -0.05) is 15.9 Å². The molecule has 0 spiro atoms. The van der Waals surface area contributed by atoms with Gasteiger partial charge in [-0.15, -0.1) is 0 Å². The molecule has 0 saturated carbocycles. The molecule has 0 amide bonds. The van der Waals surface area contributed by atoms with E-state index in [1.54, 1.807) is 0 Å². The molecule has 2 aliphatic rings. The summed E-state index contributed by atoms with van der Waals surface area (Å²) < 4.78 is 6.79. The molecule has 2 nitrogen and oxygen atoms in total. The molecule has 0 radical (unpaired) electrons. The quantitative estimate of drug-likeness (QED) is 0.910. The molecule has 2 heterocycles. The summed E-state index contributed by atoms with van der Waals surface area (Å²) in [5, 5.41) is 10.5. The third kappa shape index (κ3) is 2.35. The first-order valence-electron chi connectivity index (χ1n) is 5.91. The highest BCUT2D eigenvalue weighted by atomic mass is 79.9. The first-order valence-corrected chi connectivity index (χ1v) is 7.85. The van der Waals surface area contributed by atoms with Crippen molar-refractivity contribution in [2.24, 2.45) is 0 Å². The van der Waals surface area contributed by atoms with Gasteiger partial charge >= 0.3 is 0 Å². The highest BCUT2D eigenvalue weighted by Gasteiger charge is 2.33. The second-order valence-electron chi connectivity index (χ2n) is 4.86. The van der Waals surface area contributed by atoms with Gasteiger partial charge in [0.1, 0.15) is 5.75 Å². The zero-order valence-electron chi connectivity index (χ0n) is 9.54. The van der Waals surface area contributed by atoms with E-state index in [0.29, 0.717) is 6.42 Å². The maximum atomic E-state index is 10.5. The Morgan fingerprint density at radius 2 is 2.35 bits per heavy atom. The molecule has 1 aromatic rings. The van der Waals surface area contributed by atoms with Gasteiger partial charge in [0.25, 0.3) is 0 Å². The molecule has 1 unspecified atom stereocenters. The van der Waals surface area contributed by atoms with Crippen LogP contribution in [0.5, 0.6) is 5.75 Å². The van der Waals surface area contributed by atoms with Crippen molar-refractivity contribution in [3.63, 3.8) is 0 Å². The molecule has 3 rings (SSSR count). The predicted octanol–water partition coefficient (Wildman–Crippen LogP) is 2.79. The average Bonchev–Trinajstić information content (AvgIpc) is 2.86. The SMILES string of the molecule is OC1(Cc2cc(Br)cc3c2OCC3)CCSC1. The highest BCUT2D eigenvalue weighted by molar-refractivity contribution is 9.10. The molecule has 0 bridgehead atoms. The summed E-state index contributed by atoms with van der Waals surface area (Å²) in [7, 11) is 0. The lowest BCUT2D eigenvalue weighted by Crippen LogP contribution is -2.31. The summed E-state index contributed by atoms with van der Waals surface area (Å²) in [6, 6.07) is 4.21. The lowest BCUT2D eigenvalue weighted by Gasteiger charge is -2.22. The van der Waals surface area contributed by atoms with E-state index in [9.17, 15) is 5.11 Å². The molecule has 1 N–H and O–H groups in total. The Morgan fingerprint density at radius 3 is 3.12 bits per heavy atom. The van der Waals surface area contributed by atoms with Crippen LogP contribution in [-0.2, 0) is 12.8 Å². The van der Waals surface area contributed by atoms with Crippen LogP contribution in [0, 0.1) is 0 Å². The number of fused-ring (bicyclic) bond motifs is 1. The minimum Gasteiger partial charge on any atom is -0.493 e. The fraction of sp³-hybridized carbons (Fsp3) is 0.538. The van der Waals surface area contributed by atoms with E-state index in [2.05, 4.69) is 28.1 Å². The number of rotatable bonds is 2. The molecular formula is C13H15BrO2S. The van der Waals surface area contributed by atoms with E-state index in [1.165, 1.54) is 5.56 Å². The van der Waals surface area contributed by atoms with Crippen molar-refractivity contribution in [2.45, 2.75) is 24.9 Å². The Labute approximate surface area is 114 Å². The van der Waals surface area contributed by atoms with Crippen molar-refractivity contribution in [1.82, 2.24) is 0 Å². The number of halogens is 1. The molecule has 92 valence electrons. The second-order valence-corrected chi connectivity index (χ2v) is 6.88. The van der Waals surface area contributed by atoms with Gasteiger partial charge in [-0.2, -0.15) is 11.8 Å². The molecular weight excluding hydrogens is 300 g/mol. The maximum Gasteiger partial charge on any atom is 0.125 e. The van der Waals surface area contributed by atoms with Crippen molar-refractivity contribution in [3.8, 4) is 5.75 Å². The lowest BCUT2D eigenvalue weighted by molar-refractivity contribution is 0.0679. The van der Waals surface area contributed by atoms with Crippen LogP contribution in [0.15, 0.2) is 16.6 Å². The second kappa shape index (κ2) is 4.48. The van der Waals surface area contributed by atoms with Crippen LogP contribution in [0.1, 0.15) is 17.5 Å². The van der Waals surface area contributed by atoms with Gasteiger partial charge in [0, 0.05) is 23.1 Å². The van der Waals surface area contributed by atoms with Crippen molar-refractivity contribution in [1.29, 1.82) is 0 Å². The van der Waals surface area contributed by atoms with Crippen LogP contribution in [-0.4, -0.2) is 28.8 Å². The Hall–Kier alpha value is -0.190. The number of hydrogen-bond acceptors (Lipinski definition) is 3. The van der Waals surface area contributed by atoms with Crippen molar-refractivity contribution < 1.29 is 9.84 Å². The normalized spacial score (nSPS) is 26.9. The number of ether oxygens (including phenoxy) is 1. The first-order chi connectivity index (χ1) is 8.16. The van der Waals surface area contributed by atoms with Crippen LogP contribution in [0.4, 0.5) is 0 Å². The first kappa shape index (κ1) is 11.9. The lowest BCUT2D eigenvalue weighted by atomic mass is 9.92. The largest absolute Gasteiger partial charge is 0.493 e. The Bertz CT molecular complexity index is 441. The van der Waals surface area contributed by atoms with Crippen LogP contribution < -0.4 is 4.74 Å². The molecule has 0 aromatic heterocycles. The predicted molar refractivity (Wildman–Crippen MR) is 73.9 cm³/mol. The molecule has 0 aliphatic carbocycles. The zero-order chi connectivity index (χ0) is 11.9. The number of aliphatic hydroxyl groups is 1. The van der Waals surface area contributed by atoms with Gasteiger partial charge in [-0.3, -0.25) is 0 Å². The zero-order valence-corrected chi connectivity index (χ0v) is 11.9. The molecule has 17 heavy (non-hydrogen) atoms. The van der Waals surface area contributed by atoms with E-state index in [-0.39, 0.29) is 0 Å². The average molecular weight is 315 g/mol. The van der Waals surface area contributed by atoms with Gasteiger partial charge in [0.2, 0.25) is 0 Å². The highest BCUT2D eigenvalue weighted by Crippen LogP contribution is 2.38. The fourth-order valence-electron chi connectivity index (χ4n) is 2.57. The fourth-order valence-corrected chi connectivity index (χ4v) is 4.42. The van der Waals surface area contributed by atoms with E-state index in [1.807, 2.05) is 11.8 Å². The topological polar surface area (TPSA) is 29.5 Å². The minimum atomic E-state index is -0.537. The van der Waals surface area contributed by atoms with Gasteiger partial charge in [-0.05, 0) is 35.4 Å². The molecule has 1 aromatic carbocycles.